The molecule has 15 heavy (non-hydrogen) atoms. The molecule has 0 unspecified atom stereocenters. The molecule has 2 aliphatic rings. The van der Waals surface area contributed by atoms with E-state index < -0.39 is 0 Å². The van der Waals surface area contributed by atoms with E-state index in [0.29, 0.717) is 0 Å². The van der Waals surface area contributed by atoms with Crippen molar-refractivity contribution in [2.24, 2.45) is 5.92 Å². The number of hydrogen-bond donors (Lipinski definition) is 0. The van der Waals surface area contributed by atoms with E-state index in [-0.39, 0.29) is 0 Å². The van der Waals surface area contributed by atoms with Crippen LogP contribution in [0.3, 0.4) is 0 Å². The van der Waals surface area contributed by atoms with E-state index in [0.717, 1.165) is 18.0 Å². The van der Waals surface area contributed by atoms with E-state index in [4.69, 9.17) is 0 Å². The van der Waals surface area contributed by atoms with Crippen molar-refractivity contribution in [1.29, 1.82) is 0 Å². The molecule has 2 saturated heterocycles. The molecule has 0 amide bonds. The molecule has 88 valence electrons. The van der Waals surface area contributed by atoms with Crippen molar-refractivity contribution < 1.29 is 0 Å². The predicted octanol–water partition coefficient (Wildman–Crippen LogP) is 2.20. The Balaban J connectivity index is 1.90. The van der Waals surface area contributed by atoms with Crippen LogP contribution in [-0.2, 0) is 0 Å². The van der Waals surface area contributed by atoms with E-state index >= 15 is 0 Å². The third kappa shape index (κ3) is 2.54. The smallest absolute Gasteiger partial charge is 0.0227 e. The fourth-order valence-electron chi connectivity index (χ4n) is 3.37. The van der Waals surface area contributed by atoms with Gasteiger partial charge in [0.2, 0.25) is 0 Å². The van der Waals surface area contributed by atoms with Crippen molar-refractivity contribution in [1.82, 2.24) is 9.80 Å². The van der Waals surface area contributed by atoms with Gasteiger partial charge in [-0.15, -0.1) is 0 Å². The van der Waals surface area contributed by atoms with Gasteiger partial charge in [-0.05, 0) is 31.7 Å². The van der Waals surface area contributed by atoms with Crippen molar-refractivity contribution in [3.8, 4) is 0 Å². The predicted molar refractivity (Wildman–Crippen MR) is 65.1 cm³/mol. The second-order valence-electron chi connectivity index (χ2n) is 5.74. The van der Waals surface area contributed by atoms with Crippen LogP contribution in [-0.4, -0.2) is 48.1 Å². The van der Waals surface area contributed by atoms with Crippen LogP contribution in [0.15, 0.2) is 0 Å². The molecule has 0 N–H and O–H groups in total. The number of rotatable bonds is 4. The lowest BCUT2D eigenvalue weighted by molar-refractivity contribution is 0.0606. The Bertz CT molecular complexity index is 189. The molecule has 2 bridgehead atoms. The van der Waals surface area contributed by atoms with Crippen LogP contribution < -0.4 is 0 Å². The van der Waals surface area contributed by atoms with Crippen molar-refractivity contribution in [2.45, 2.75) is 52.1 Å². The molecule has 0 aliphatic carbocycles. The minimum absolute atomic E-state index is 0.821. The molecule has 2 rings (SSSR count). The van der Waals surface area contributed by atoms with Crippen LogP contribution in [0.1, 0.15) is 40.0 Å². The Labute approximate surface area is 94.6 Å². The van der Waals surface area contributed by atoms with Gasteiger partial charge in [-0.25, -0.2) is 0 Å². The molecule has 0 spiro atoms. The lowest BCUT2D eigenvalue weighted by Gasteiger charge is -2.41. The van der Waals surface area contributed by atoms with Crippen LogP contribution in [0.2, 0.25) is 0 Å². The van der Waals surface area contributed by atoms with Gasteiger partial charge in [0, 0.05) is 31.7 Å². The maximum Gasteiger partial charge on any atom is 0.0227 e. The van der Waals surface area contributed by atoms with Crippen LogP contribution in [0.4, 0.5) is 0 Å². The summed E-state index contributed by atoms with van der Waals surface area (Å²) in [5.41, 5.74) is 0. The van der Waals surface area contributed by atoms with Crippen LogP contribution >= 0.6 is 0 Å². The Morgan fingerprint density at radius 1 is 1.13 bits per heavy atom. The molecule has 2 aliphatic heterocycles. The monoisotopic (exact) mass is 210 g/mol. The summed E-state index contributed by atoms with van der Waals surface area (Å²) in [7, 11) is 0. The summed E-state index contributed by atoms with van der Waals surface area (Å²) in [6, 6.07) is 1.75. The van der Waals surface area contributed by atoms with Crippen molar-refractivity contribution in [3.05, 3.63) is 0 Å². The molecule has 0 aromatic heterocycles. The largest absolute Gasteiger partial charge is 0.300 e. The van der Waals surface area contributed by atoms with Gasteiger partial charge >= 0.3 is 0 Å². The topological polar surface area (TPSA) is 6.48 Å². The number of likely N-dealkylation sites (tertiary alicyclic amines) is 1. The average molecular weight is 210 g/mol. The standard InChI is InChI=1S/C13H26N2/c1-4-7-15-12-5-6-13(15)10-14(9-12)8-11(2)3/h11-13H,4-10H2,1-3H3/t12-,13+. The molecular weight excluding hydrogens is 184 g/mol. The summed E-state index contributed by atoms with van der Waals surface area (Å²) in [5, 5.41) is 0. The normalized spacial score (nSPS) is 32.8. The summed E-state index contributed by atoms with van der Waals surface area (Å²) in [6.07, 6.45) is 4.20. The second-order valence-corrected chi connectivity index (χ2v) is 5.74. The van der Waals surface area contributed by atoms with E-state index in [1.165, 1.54) is 45.4 Å². The number of fused-ring (bicyclic) bond motifs is 2. The second kappa shape index (κ2) is 4.84. The highest BCUT2D eigenvalue weighted by Crippen LogP contribution is 2.30. The van der Waals surface area contributed by atoms with Gasteiger partial charge < -0.3 is 0 Å². The first-order valence-electron chi connectivity index (χ1n) is 6.68. The van der Waals surface area contributed by atoms with Gasteiger partial charge in [0.25, 0.3) is 0 Å². The number of nitrogens with zero attached hydrogens (tertiary/aromatic N) is 2. The van der Waals surface area contributed by atoms with Gasteiger partial charge in [-0.1, -0.05) is 20.8 Å². The first-order valence-corrected chi connectivity index (χ1v) is 6.68. The molecule has 0 aromatic carbocycles. The summed E-state index contributed by atoms with van der Waals surface area (Å²) < 4.78 is 0. The molecule has 2 fully saturated rings. The molecule has 2 nitrogen and oxygen atoms in total. The highest BCUT2D eigenvalue weighted by atomic mass is 15.3. The third-order valence-corrected chi connectivity index (χ3v) is 3.81. The zero-order valence-corrected chi connectivity index (χ0v) is 10.6. The molecule has 0 radical (unpaired) electrons. The Morgan fingerprint density at radius 2 is 1.73 bits per heavy atom. The highest BCUT2D eigenvalue weighted by molar-refractivity contribution is 4.95. The van der Waals surface area contributed by atoms with E-state index in [2.05, 4.69) is 30.6 Å². The Hall–Kier alpha value is -0.0800. The highest BCUT2D eigenvalue weighted by Gasteiger charge is 2.38. The lowest BCUT2D eigenvalue weighted by atomic mass is 10.1. The average Bonchev–Trinajstić information content (AvgIpc) is 2.43. The maximum atomic E-state index is 2.77. The molecule has 0 saturated carbocycles. The van der Waals surface area contributed by atoms with Gasteiger partial charge in [-0.3, -0.25) is 9.80 Å². The van der Waals surface area contributed by atoms with Gasteiger partial charge in [0.1, 0.15) is 0 Å². The van der Waals surface area contributed by atoms with E-state index in [1.807, 2.05) is 0 Å². The van der Waals surface area contributed by atoms with Crippen molar-refractivity contribution >= 4 is 0 Å². The summed E-state index contributed by atoms with van der Waals surface area (Å²) >= 11 is 0. The molecule has 2 heterocycles. The summed E-state index contributed by atoms with van der Waals surface area (Å²) in [5.74, 6) is 0.821. The SMILES string of the molecule is CCCN1[C@@H]2CC[C@H]1CN(CC(C)C)C2. The van der Waals surface area contributed by atoms with E-state index in [1.54, 1.807) is 0 Å². The molecule has 2 heteroatoms. The van der Waals surface area contributed by atoms with Gasteiger partial charge in [0.05, 0.1) is 0 Å². The zero-order chi connectivity index (χ0) is 10.8. The maximum absolute atomic E-state index is 2.77. The number of piperazine rings is 1. The van der Waals surface area contributed by atoms with Gasteiger partial charge in [0.15, 0.2) is 0 Å². The van der Waals surface area contributed by atoms with Crippen LogP contribution in [0.25, 0.3) is 0 Å². The summed E-state index contributed by atoms with van der Waals surface area (Å²) in [4.78, 5) is 5.47. The minimum Gasteiger partial charge on any atom is -0.300 e. The Kier molecular flexibility index (Phi) is 3.68. The quantitative estimate of drug-likeness (QED) is 0.702. The third-order valence-electron chi connectivity index (χ3n) is 3.81. The minimum atomic E-state index is 0.821. The molecular formula is C13H26N2. The van der Waals surface area contributed by atoms with Crippen molar-refractivity contribution in [3.63, 3.8) is 0 Å². The van der Waals surface area contributed by atoms with Crippen LogP contribution in [0.5, 0.6) is 0 Å². The lowest BCUT2D eigenvalue weighted by Crippen LogP contribution is -2.54. The van der Waals surface area contributed by atoms with E-state index in [9.17, 15) is 0 Å². The fourth-order valence-corrected chi connectivity index (χ4v) is 3.37. The fraction of sp³-hybridized carbons (Fsp3) is 1.00. The van der Waals surface area contributed by atoms with Crippen LogP contribution in [0, 0.1) is 5.92 Å². The van der Waals surface area contributed by atoms with Gasteiger partial charge in [-0.2, -0.15) is 0 Å². The van der Waals surface area contributed by atoms with Crippen molar-refractivity contribution in [2.75, 3.05) is 26.2 Å². The molecule has 2 atom stereocenters. The number of hydrogen-bond acceptors (Lipinski definition) is 2. The first kappa shape index (κ1) is 11.4. The summed E-state index contributed by atoms with van der Waals surface area (Å²) in [6.45, 7) is 12.3. The zero-order valence-electron chi connectivity index (χ0n) is 10.6. The Morgan fingerprint density at radius 3 is 2.20 bits per heavy atom. The first-order chi connectivity index (χ1) is 7.20. The molecule has 0 aromatic rings.